The summed E-state index contributed by atoms with van der Waals surface area (Å²) < 4.78 is 0. The monoisotopic (exact) mass is 140 g/mol. The van der Waals surface area contributed by atoms with Gasteiger partial charge in [0.05, 0.1) is 0 Å². The second-order valence-corrected chi connectivity index (χ2v) is 2.49. The van der Waals surface area contributed by atoms with Crippen LogP contribution < -0.4 is 5.73 Å². The fraction of sp³-hybridized carbons (Fsp3) is 0.625. The molecule has 2 N–H and O–H groups in total. The molecule has 0 aromatic heterocycles. The predicted molar refractivity (Wildman–Crippen MR) is 46.1 cm³/mol. The molecule has 0 heterocycles. The van der Waals surface area contributed by atoms with E-state index in [1.54, 1.807) is 0 Å². The van der Waals surface area contributed by atoms with Crippen molar-refractivity contribution in [2.45, 2.75) is 26.9 Å². The molecule has 0 radical (unpaired) electrons. The lowest BCUT2D eigenvalue weighted by atomic mass is 10.0. The largest absolute Gasteiger partial charge is 0.309 e. The van der Waals surface area contributed by atoms with Gasteiger partial charge >= 0.3 is 0 Å². The second-order valence-electron chi connectivity index (χ2n) is 2.49. The van der Waals surface area contributed by atoms with Gasteiger partial charge in [-0.25, -0.2) is 0 Å². The smallest absolute Gasteiger partial charge is 0.102 e. The molecule has 0 rings (SSSR count). The lowest BCUT2D eigenvalue weighted by Crippen LogP contribution is -2.26. The Morgan fingerprint density at radius 3 is 2.50 bits per heavy atom. The highest BCUT2D eigenvalue weighted by Crippen LogP contribution is 2.12. The fourth-order valence-corrected chi connectivity index (χ4v) is 0.690. The van der Waals surface area contributed by atoms with Crippen LogP contribution in [0.15, 0.2) is 16.6 Å². The summed E-state index contributed by atoms with van der Waals surface area (Å²) in [6, 6.07) is 0. The summed E-state index contributed by atoms with van der Waals surface area (Å²) in [7, 11) is 0. The minimum atomic E-state index is -0.156. The summed E-state index contributed by atoms with van der Waals surface area (Å²) >= 11 is 0. The van der Waals surface area contributed by atoms with E-state index in [0.717, 1.165) is 0 Å². The minimum absolute atomic E-state index is 0.156. The third kappa shape index (κ3) is 2.31. The van der Waals surface area contributed by atoms with Gasteiger partial charge < -0.3 is 5.73 Å². The number of rotatable bonds is 3. The molecule has 2 unspecified atom stereocenters. The number of aliphatic imine (C=N–C) groups is 1. The molecule has 0 aliphatic carbocycles. The van der Waals surface area contributed by atoms with Crippen molar-refractivity contribution in [2.75, 3.05) is 0 Å². The molecule has 58 valence electrons. The van der Waals surface area contributed by atoms with Gasteiger partial charge in [-0.05, 0) is 20.6 Å². The lowest BCUT2D eigenvalue weighted by Gasteiger charge is -2.15. The molecule has 0 spiro atoms. The Kier molecular flexibility index (Phi) is 3.96. The number of nitrogens with zero attached hydrogens (tertiary/aromatic N) is 1. The zero-order valence-electron chi connectivity index (χ0n) is 6.96. The molecule has 2 heteroatoms. The van der Waals surface area contributed by atoms with Crippen molar-refractivity contribution in [3.8, 4) is 0 Å². The van der Waals surface area contributed by atoms with Crippen molar-refractivity contribution < 1.29 is 0 Å². The molecule has 2 nitrogen and oxygen atoms in total. The van der Waals surface area contributed by atoms with E-state index in [0.29, 0.717) is 5.92 Å². The number of hydrogen-bond donors (Lipinski definition) is 1. The molecule has 10 heavy (non-hydrogen) atoms. The zero-order valence-corrected chi connectivity index (χ0v) is 6.96. The van der Waals surface area contributed by atoms with Crippen LogP contribution in [0.5, 0.6) is 0 Å². The van der Waals surface area contributed by atoms with Crippen LogP contribution in [0.4, 0.5) is 0 Å². The van der Waals surface area contributed by atoms with E-state index in [1.807, 2.05) is 6.92 Å². The molecule has 0 saturated carbocycles. The minimum Gasteiger partial charge on any atom is -0.309 e. The predicted octanol–water partition coefficient (Wildman–Crippen LogP) is 1.57. The summed E-state index contributed by atoms with van der Waals surface area (Å²) in [6.45, 7) is 9.50. The Bertz CT molecular complexity index is 138. The highest BCUT2D eigenvalue weighted by molar-refractivity contribution is 5.24. The maximum atomic E-state index is 5.62. The SMILES string of the molecule is C=NC(N)C(C)/C(C)=C\C. The highest BCUT2D eigenvalue weighted by atomic mass is 14.9. The van der Waals surface area contributed by atoms with E-state index in [4.69, 9.17) is 5.73 Å². The van der Waals surface area contributed by atoms with Gasteiger partial charge in [-0.3, -0.25) is 4.99 Å². The second kappa shape index (κ2) is 4.23. The van der Waals surface area contributed by atoms with Crippen LogP contribution in [0.25, 0.3) is 0 Å². The molecule has 0 bridgehead atoms. The van der Waals surface area contributed by atoms with E-state index < -0.39 is 0 Å². The third-order valence-electron chi connectivity index (χ3n) is 1.90. The van der Waals surface area contributed by atoms with Crippen LogP contribution in [-0.4, -0.2) is 12.9 Å². The first-order chi connectivity index (χ1) is 4.63. The van der Waals surface area contributed by atoms with Gasteiger partial charge in [0.15, 0.2) is 0 Å². The summed E-state index contributed by atoms with van der Waals surface area (Å²) in [4.78, 5) is 3.74. The molecule has 0 aliphatic heterocycles. The quantitative estimate of drug-likeness (QED) is 0.469. The lowest BCUT2D eigenvalue weighted by molar-refractivity contribution is 0.537. The van der Waals surface area contributed by atoms with Crippen LogP contribution in [0, 0.1) is 5.92 Å². The Labute approximate surface area is 62.8 Å². The van der Waals surface area contributed by atoms with E-state index in [-0.39, 0.29) is 6.17 Å². The Morgan fingerprint density at radius 1 is 1.70 bits per heavy atom. The van der Waals surface area contributed by atoms with Crippen molar-refractivity contribution in [1.29, 1.82) is 0 Å². The molecular weight excluding hydrogens is 124 g/mol. The summed E-state index contributed by atoms with van der Waals surface area (Å²) in [6.07, 6.45) is 1.89. The van der Waals surface area contributed by atoms with Gasteiger partial charge in [0, 0.05) is 5.92 Å². The standard InChI is InChI=1S/C8H16N2/c1-5-6(2)7(3)8(9)10-4/h5,7-8H,4,9H2,1-3H3/b6-5-. The fourth-order valence-electron chi connectivity index (χ4n) is 0.690. The number of allylic oxidation sites excluding steroid dienone is 1. The first kappa shape index (κ1) is 9.37. The van der Waals surface area contributed by atoms with E-state index >= 15 is 0 Å². The molecule has 0 aromatic rings. The van der Waals surface area contributed by atoms with Gasteiger partial charge in [-0.15, -0.1) is 0 Å². The summed E-state index contributed by atoms with van der Waals surface area (Å²) in [5, 5.41) is 0. The molecule has 0 fully saturated rings. The van der Waals surface area contributed by atoms with E-state index in [1.165, 1.54) is 5.57 Å². The zero-order chi connectivity index (χ0) is 8.15. The average molecular weight is 140 g/mol. The first-order valence-corrected chi connectivity index (χ1v) is 3.47. The van der Waals surface area contributed by atoms with Crippen LogP contribution >= 0.6 is 0 Å². The van der Waals surface area contributed by atoms with Crippen LogP contribution in [-0.2, 0) is 0 Å². The maximum Gasteiger partial charge on any atom is 0.102 e. The molecule has 0 saturated heterocycles. The van der Waals surface area contributed by atoms with Gasteiger partial charge in [0.25, 0.3) is 0 Å². The maximum absolute atomic E-state index is 5.62. The first-order valence-electron chi connectivity index (χ1n) is 3.47. The Hall–Kier alpha value is -0.630. The van der Waals surface area contributed by atoms with E-state index in [9.17, 15) is 0 Å². The van der Waals surface area contributed by atoms with Crippen molar-refractivity contribution in [3.05, 3.63) is 11.6 Å². The van der Waals surface area contributed by atoms with E-state index in [2.05, 4.69) is 31.6 Å². The molecular formula is C8H16N2. The molecule has 0 aromatic carbocycles. The van der Waals surface area contributed by atoms with Crippen molar-refractivity contribution >= 4 is 6.72 Å². The normalized spacial score (nSPS) is 18.2. The van der Waals surface area contributed by atoms with Gasteiger partial charge in [0.1, 0.15) is 6.17 Å². The van der Waals surface area contributed by atoms with Crippen LogP contribution in [0.2, 0.25) is 0 Å². The Balaban J connectivity index is 4.06. The third-order valence-corrected chi connectivity index (χ3v) is 1.90. The van der Waals surface area contributed by atoms with Gasteiger partial charge in [-0.1, -0.05) is 18.6 Å². The molecule has 0 amide bonds. The van der Waals surface area contributed by atoms with Gasteiger partial charge in [-0.2, -0.15) is 0 Å². The Morgan fingerprint density at radius 2 is 2.20 bits per heavy atom. The van der Waals surface area contributed by atoms with Crippen molar-refractivity contribution in [1.82, 2.24) is 0 Å². The topological polar surface area (TPSA) is 38.4 Å². The molecule has 2 atom stereocenters. The number of nitrogens with two attached hydrogens (primary N) is 1. The summed E-state index contributed by atoms with van der Waals surface area (Å²) in [5.74, 6) is 0.308. The highest BCUT2D eigenvalue weighted by Gasteiger charge is 2.10. The average Bonchev–Trinajstić information content (AvgIpc) is 2.00. The van der Waals surface area contributed by atoms with Crippen molar-refractivity contribution in [2.24, 2.45) is 16.6 Å². The van der Waals surface area contributed by atoms with Crippen LogP contribution in [0.1, 0.15) is 20.8 Å². The number of hydrogen-bond acceptors (Lipinski definition) is 2. The van der Waals surface area contributed by atoms with Crippen LogP contribution in [0.3, 0.4) is 0 Å². The van der Waals surface area contributed by atoms with Gasteiger partial charge in [0.2, 0.25) is 0 Å². The molecule has 0 aliphatic rings. The summed E-state index contributed by atoms with van der Waals surface area (Å²) in [5.41, 5.74) is 6.89. The van der Waals surface area contributed by atoms with Crippen molar-refractivity contribution in [3.63, 3.8) is 0 Å².